The molecule has 2 rings (SSSR count). The molecule has 0 aliphatic heterocycles. The largest absolute Gasteiger partial charge is 0.382 e. The van der Waals surface area contributed by atoms with Crippen LogP contribution < -0.4 is 5.32 Å². The van der Waals surface area contributed by atoms with Crippen LogP contribution in [0.1, 0.15) is 57.1 Å². The first kappa shape index (κ1) is 14.8. The van der Waals surface area contributed by atoms with Gasteiger partial charge in [-0.15, -0.1) is 0 Å². The maximum Gasteiger partial charge on any atom is 0.129 e. The average Bonchev–Trinajstić information content (AvgIpc) is 2.56. The van der Waals surface area contributed by atoms with E-state index in [0.717, 1.165) is 18.5 Å². The molecule has 1 atom stereocenters. The summed E-state index contributed by atoms with van der Waals surface area (Å²) in [5, 5.41) is 12.4. The van der Waals surface area contributed by atoms with E-state index >= 15 is 0 Å². The smallest absolute Gasteiger partial charge is 0.129 e. The van der Waals surface area contributed by atoms with Crippen molar-refractivity contribution in [2.24, 2.45) is 5.41 Å². The molecule has 1 unspecified atom stereocenters. The Morgan fingerprint density at radius 3 is 2.75 bits per heavy atom. The lowest BCUT2D eigenvalue weighted by molar-refractivity contribution is 0.313. The van der Waals surface area contributed by atoms with E-state index in [-0.39, 0.29) is 5.82 Å². The van der Waals surface area contributed by atoms with Crippen molar-refractivity contribution in [3.8, 4) is 6.07 Å². The van der Waals surface area contributed by atoms with Crippen molar-refractivity contribution in [1.82, 2.24) is 0 Å². The highest BCUT2D eigenvalue weighted by Crippen LogP contribution is 2.35. The maximum absolute atomic E-state index is 13.8. The molecule has 0 radical (unpaired) electrons. The first-order chi connectivity index (χ1) is 9.41. The van der Waals surface area contributed by atoms with E-state index < -0.39 is 0 Å². The molecular formula is C17H23FN2. The van der Waals surface area contributed by atoms with E-state index in [2.05, 4.69) is 19.2 Å². The summed E-state index contributed by atoms with van der Waals surface area (Å²) >= 11 is 0. The molecule has 1 aliphatic carbocycles. The lowest BCUT2D eigenvalue weighted by Crippen LogP contribution is -2.20. The lowest BCUT2D eigenvalue weighted by Gasteiger charge is -2.23. The van der Waals surface area contributed by atoms with Crippen LogP contribution in [0.5, 0.6) is 0 Å². The van der Waals surface area contributed by atoms with Crippen molar-refractivity contribution in [3.63, 3.8) is 0 Å². The third-order valence-corrected chi connectivity index (χ3v) is 4.41. The van der Waals surface area contributed by atoms with Gasteiger partial charge in [-0.05, 0) is 50.2 Å². The van der Waals surface area contributed by atoms with Gasteiger partial charge in [0.15, 0.2) is 0 Å². The highest BCUT2D eigenvalue weighted by Gasteiger charge is 2.24. The van der Waals surface area contributed by atoms with Crippen molar-refractivity contribution in [2.75, 3.05) is 5.32 Å². The fourth-order valence-corrected chi connectivity index (χ4v) is 2.92. The third kappa shape index (κ3) is 3.50. The van der Waals surface area contributed by atoms with E-state index in [9.17, 15) is 4.39 Å². The minimum absolute atomic E-state index is 0.305. The van der Waals surface area contributed by atoms with Gasteiger partial charge in [-0.1, -0.05) is 20.3 Å². The van der Waals surface area contributed by atoms with E-state index in [1.165, 1.54) is 25.3 Å². The maximum atomic E-state index is 13.8. The number of benzene rings is 1. The van der Waals surface area contributed by atoms with Crippen molar-refractivity contribution < 1.29 is 4.39 Å². The quantitative estimate of drug-likeness (QED) is 0.788. The van der Waals surface area contributed by atoms with Gasteiger partial charge in [0.25, 0.3) is 0 Å². The second-order valence-corrected chi connectivity index (χ2v) is 6.68. The molecule has 3 heteroatoms. The molecule has 0 aromatic heterocycles. The Bertz CT molecular complexity index is 529. The zero-order valence-electron chi connectivity index (χ0n) is 12.6. The van der Waals surface area contributed by atoms with Crippen LogP contribution in [0.25, 0.3) is 0 Å². The van der Waals surface area contributed by atoms with Crippen LogP contribution in [0.15, 0.2) is 12.1 Å². The van der Waals surface area contributed by atoms with Gasteiger partial charge < -0.3 is 5.32 Å². The molecule has 0 spiro atoms. The molecule has 0 saturated heterocycles. The molecule has 1 aromatic carbocycles. The average molecular weight is 274 g/mol. The van der Waals surface area contributed by atoms with Crippen molar-refractivity contribution in [3.05, 3.63) is 29.1 Å². The summed E-state index contributed by atoms with van der Waals surface area (Å²) in [7, 11) is 0. The number of hydrogen-bond donors (Lipinski definition) is 1. The number of anilines is 1. The number of rotatable bonds is 2. The Balaban J connectivity index is 2.14. The topological polar surface area (TPSA) is 35.8 Å². The van der Waals surface area contributed by atoms with Crippen LogP contribution in [0.3, 0.4) is 0 Å². The van der Waals surface area contributed by atoms with Gasteiger partial charge >= 0.3 is 0 Å². The Morgan fingerprint density at radius 1 is 1.30 bits per heavy atom. The predicted molar refractivity (Wildman–Crippen MR) is 80.1 cm³/mol. The SMILES string of the molecule is Cc1c(F)cc(C#N)cc1NC1CCCC(C)(C)CC1. The molecule has 20 heavy (non-hydrogen) atoms. The summed E-state index contributed by atoms with van der Waals surface area (Å²) in [6.07, 6.45) is 5.84. The Morgan fingerprint density at radius 2 is 2.05 bits per heavy atom. The van der Waals surface area contributed by atoms with E-state index in [4.69, 9.17) is 5.26 Å². The standard InChI is InChI=1S/C17H23FN2/c1-12-15(18)9-13(11-19)10-16(12)20-14-5-4-7-17(2,3)8-6-14/h9-10,14,20H,4-8H2,1-3H3. The summed E-state index contributed by atoms with van der Waals surface area (Å²) in [6, 6.07) is 5.46. The molecule has 1 aliphatic rings. The van der Waals surface area contributed by atoms with Gasteiger partial charge in [-0.3, -0.25) is 0 Å². The van der Waals surface area contributed by atoms with Gasteiger partial charge in [0.1, 0.15) is 5.82 Å². The first-order valence-corrected chi connectivity index (χ1v) is 7.38. The Kier molecular flexibility index (Phi) is 4.32. The van der Waals surface area contributed by atoms with E-state index in [1.807, 2.05) is 6.07 Å². The molecule has 0 amide bonds. The summed E-state index contributed by atoms with van der Waals surface area (Å²) in [5.41, 5.74) is 2.16. The number of nitriles is 1. The van der Waals surface area contributed by atoms with Crippen LogP contribution in [0, 0.1) is 29.5 Å². The number of nitrogens with zero attached hydrogens (tertiary/aromatic N) is 1. The van der Waals surface area contributed by atoms with Crippen molar-refractivity contribution in [1.29, 1.82) is 5.26 Å². The molecule has 2 nitrogen and oxygen atoms in total. The van der Waals surface area contributed by atoms with Crippen LogP contribution in [0.2, 0.25) is 0 Å². The van der Waals surface area contributed by atoms with Crippen LogP contribution in [-0.2, 0) is 0 Å². The zero-order chi connectivity index (χ0) is 14.8. The molecule has 108 valence electrons. The number of halogens is 1. The normalized spacial score (nSPS) is 21.9. The third-order valence-electron chi connectivity index (χ3n) is 4.41. The van der Waals surface area contributed by atoms with Crippen LogP contribution in [-0.4, -0.2) is 6.04 Å². The van der Waals surface area contributed by atoms with Crippen molar-refractivity contribution in [2.45, 2.75) is 58.9 Å². The Hall–Kier alpha value is -1.56. The number of nitrogens with one attached hydrogen (secondary N) is 1. The molecule has 0 bridgehead atoms. The lowest BCUT2D eigenvalue weighted by atomic mass is 9.85. The molecular weight excluding hydrogens is 251 g/mol. The minimum atomic E-state index is -0.305. The van der Waals surface area contributed by atoms with Crippen LogP contribution in [0.4, 0.5) is 10.1 Å². The van der Waals surface area contributed by atoms with Gasteiger partial charge in [0, 0.05) is 17.3 Å². The predicted octanol–water partition coefficient (Wildman–Crippen LogP) is 4.78. The molecule has 0 heterocycles. The molecule has 1 N–H and O–H groups in total. The Labute approximate surface area is 121 Å². The summed E-state index contributed by atoms with van der Waals surface area (Å²) in [6.45, 7) is 6.40. The van der Waals surface area contributed by atoms with E-state index in [0.29, 0.717) is 22.6 Å². The summed E-state index contributed by atoms with van der Waals surface area (Å²) in [4.78, 5) is 0. The molecule has 1 aromatic rings. The van der Waals surface area contributed by atoms with Crippen LogP contribution >= 0.6 is 0 Å². The first-order valence-electron chi connectivity index (χ1n) is 7.38. The zero-order valence-corrected chi connectivity index (χ0v) is 12.6. The monoisotopic (exact) mass is 274 g/mol. The van der Waals surface area contributed by atoms with Gasteiger partial charge in [0.2, 0.25) is 0 Å². The second-order valence-electron chi connectivity index (χ2n) is 6.68. The fourth-order valence-electron chi connectivity index (χ4n) is 2.92. The minimum Gasteiger partial charge on any atom is -0.382 e. The summed E-state index contributed by atoms with van der Waals surface area (Å²) in [5.74, 6) is -0.305. The van der Waals surface area contributed by atoms with Crippen molar-refractivity contribution >= 4 is 5.69 Å². The number of hydrogen-bond acceptors (Lipinski definition) is 2. The molecule has 1 saturated carbocycles. The van der Waals surface area contributed by atoms with Gasteiger partial charge in [-0.2, -0.15) is 5.26 Å². The van der Waals surface area contributed by atoms with E-state index in [1.54, 1.807) is 13.0 Å². The highest BCUT2D eigenvalue weighted by atomic mass is 19.1. The highest BCUT2D eigenvalue weighted by molar-refractivity contribution is 5.56. The summed E-state index contributed by atoms with van der Waals surface area (Å²) < 4.78 is 13.8. The fraction of sp³-hybridized carbons (Fsp3) is 0.588. The van der Waals surface area contributed by atoms with Gasteiger partial charge in [-0.25, -0.2) is 4.39 Å². The second kappa shape index (κ2) is 5.83. The van der Waals surface area contributed by atoms with Gasteiger partial charge in [0.05, 0.1) is 11.6 Å². The molecule has 1 fully saturated rings.